The molecule has 0 saturated carbocycles. The van der Waals surface area contributed by atoms with E-state index >= 15 is 0 Å². The number of aromatic nitrogens is 2. The molecule has 5 atom stereocenters. The Morgan fingerprint density at radius 2 is 2.16 bits per heavy atom. The lowest BCUT2D eigenvalue weighted by Gasteiger charge is -2.27. The van der Waals surface area contributed by atoms with Gasteiger partial charge in [-0.05, 0) is 13.8 Å². The lowest BCUT2D eigenvalue weighted by atomic mass is 9.94. The molecule has 2 rings (SSSR count). The van der Waals surface area contributed by atoms with E-state index < -0.39 is 41.4 Å². The molecule has 4 N–H and O–H groups in total. The van der Waals surface area contributed by atoms with Gasteiger partial charge in [0.25, 0.3) is 5.56 Å². The minimum Gasteiger partial charge on any atom is -0.391 e. The van der Waals surface area contributed by atoms with Crippen molar-refractivity contribution in [2.45, 2.75) is 44.0 Å². The van der Waals surface area contributed by atoms with E-state index in [0.717, 1.165) is 16.8 Å². The fourth-order valence-electron chi connectivity index (χ4n) is 2.18. The number of aliphatic hydroxyl groups is 3. The van der Waals surface area contributed by atoms with Crippen LogP contribution in [0.25, 0.3) is 0 Å². The average molecular weight is 272 g/mol. The molecule has 106 valence electrons. The molecule has 0 spiro atoms. The summed E-state index contributed by atoms with van der Waals surface area (Å²) < 4.78 is 6.31. The van der Waals surface area contributed by atoms with Crippen molar-refractivity contribution < 1.29 is 20.1 Å². The second-order valence-electron chi connectivity index (χ2n) is 4.88. The molecule has 1 aliphatic heterocycles. The Kier molecular flexibility index (Phi) is 3.35. The van der Waals surface area contributed by atoms with Crippen molar-refractivity contribution in [3.05, 3.63) is 33.1 Å². The molecule has 1 aromatic heterocycles. The fourth-order valence-corrected chi connectivity index (χ4v) is 2.18. The summed E-state index contributed by atoms with van der Waals surface area (Å²) in [5.41, 5.74) is -3.12. The number of ether oxygens (including phenoxy) is 1. The number of aromatic amines is 1. The molecule has 0 radical (unpaired) electrons. The van der Waals surface area contributed by atoms with Gasteiger partial charge in [0.05, 0.1) is 6.10 Å². The number of rotatable bonds is 2. The molecule has 2 heterocycles. The van der Waals surface area contributed by atoms with Gasteiger partial charge in [-0.15, -0.1) is 0 Å². The van der Waals surface area contributed by atoms with Crippen molar-refractivity contribution in [3.8, 4) is 0 Å². The van der Waals surface area contributed by atoms with E-state index in [-0.39, 0.29) is 0 Å². The van der Waals surface area contributed by atoms with Crippen molar-refractivity contribution >= 4 is 0 Å². The van der Waals surface area contributed by atoms with Gasteiger partial charge in [-0.2, -0.15) is 0 Å². The molecule has 8 heteroatoms. The minimum absolute atomic E-state index is 0.577. The third-order valence-corrected chi connectivity index (χ3v) is 3.28. The molecule has 1 aliphatic rings. The normalized spacial score (nSPS) is 36.4. The Labute approximate surface area is 107 Å². The topological polar surface area (TPSA) is 125 Å². The summed E-state index contributed by atoms with van der Waals surface area (Å²) in [6.45, 7) is 2.70. The zero-order valence-corrected chi connectivity index (χ0v) is 10.5. The van der Waals surface area contributed by atoms with Crippen LogP contribution in [0.1, 0.15) is 20.1 Å². The molecule has 0 amide bonds. The van der Waals surface area contributed by atoms with E-state index in [2.05, 4.69) is 0 Å². The van der Waals surface area contributed by atoms with Gasteiger partial charge in [0.1, 0.15) is 17.8 Å². The monoisotopic (exact) mass is 272 g/mol. The summed E-state index contributed by atoms with van der Waals surface area (Å²) in [6.07, 6.45) is -3.45. The highest BCUT2D eigenvalue weighted by molar-refractivity contribution is 5.02. The van der Waals surface area contributed by atoms with Crippen LogP contribution in [-0.2, 0) is 4.74 Å². The average Bonchev–Trinajstić information content (AvgIpc) is 2.52. The number of nitrogens with one attached hydrogen (secondary N) is 1. The van der Waals surface area contributed by atoms with Crippen LogP contribution in [0.2, 0.25) is 0 Å². The highest BCUT2D eigenvalue weighted by atomic mass is 16.6. The summed E-state index contributed by atoms with van der Waals surface area (Å²) in [6, 6.07) is 1.10. The second kappa shape index (κ2) is 4.57. The summed E-state index contributed by atoms with van der Waals surface area (Å²) in [5.74, 6) is 0. The van der Waals surface area contributed by atoms with E-state index in [9.17, 15) is 24.9 Å². The molecule has 19 heavy (non-hydrogen) atoms. The number of H-pyrrole nitrogens is 1. The summed E-state index contributed by atoms with van der Waals surface area (Å²) in [5, 5.41) is 29.7. The summed E-state index contributed by atoms with van der Waals surface area (Å²) in [7, 11) is 0. The first kappa shape index (κ1) is 13.9. The molecule has 8 nitrogen and oxygen atoms in total. The maximum absolute atomic E-state index is 11.7. The molecule has 0 aliphatic carbocycles. The standard InChI is InChI=1S/C11H16N2O6/c1-5(14)7-8(16)11(2,18)9(19-7)13-4-3-6(15)12-10(13)17/h3-5,7-9,14,16,18H,1-2H3,(H,12,15,17)/t5?,7-,8-,9-,11-/m1/s1. The van der Waals surface area contributed by atoms with E-state index in [4.69, 9.17) is 4.74 Å². The molecule has 1 unspecified atom stereocenters. The molecule has 0 aromatic carbocycles. The first-order chi connectivity index (χ1) is 8.75. The first-order valence-electron chi connectivity index (χ1n) is 5.80. The van der Waals surface area contributed by atoms with Crippen molar-refractivity contribution in [2.75, 3.05) is 0 Å². The van der Waals surface area contributed by atoms with Crippen LogP contribution in [0.5, 0.6) is 0 Å². The first-order valence-corrected chi connectivity index (χ1v) is 5.80. The molecule has 1 saturated heterocycles. The maximum Gasteiger partial charge on any atom is 0.330 e. The maximum atomic E-state index is 11.7. The Morgan fingerprint density at radius 1 is 1.53 bits per heavy atom. The molecular formula is C11H16N2O6. The number of nitrogens with zero attached hydrogens (tertiary/aromatic N) is 1. The Bertz CT molecular complexity index is 575. The van der Waals surface area contributed by atoms with Crippen molar-refractivity contribution in [2.24, 2.45) is 0 Å². The molecular weight excluding hydrogens is 256 g/mol. The predicted molar refractivity (Wildman–Crippen MR) is 63.5 cm³/mol. The zero-order chi connectivity index (χ0) is 14.4. The highest BCUT2D eigenvalue weighted by Crippen LogP contribution is 2.38. The third-order valence-electron chi connectivity index (χ3n) is 3.28. The second-order valence-corrected chi connectivity index (χ2v) is 4.88. The van der Waals surface area contributed by atoms with E-state index in [1.807, 2.05) is 4.98 Å². The fraction of sp³-hybridized carbons (Fsp3) is 0.636. The summed E-state index contributed by atoms with van der Waals surface area (Å²) >= 11 is 0. The van der Waals surface area contributed by atoms with Gasteiger partial charge in [0.2, 0.25) is 0 Å². The molecule has 0 bridgehead atoms. The molecule has 1 fully saturated rings. The van der Waals surface area contributed by atoms with Gasteiger partial charge in [0, 0.05) is 12.3 Å². The largest absolute Gasteiger partial charge is 0.391 e. The number of aliphatic hydroxyl groups excluding tert-OH is 2. The smallest absolute Gasteiger partial charge is 0.330 e. The van der Waals surface area contributed by atoms with Crippen LogP contribution in [-0.4, -0.2) is 48.8 Å². The van der Waals surface area contributed by atoms with Crippen LogP contribution in [0.15, 0.2) is 21.9 Å². The van der Waals surface area contributed by atoms with Crippen molar-refractivity contribution in [1.29, 1.82) is 0 Å². The van der Waals surface area contributed by atoms with Gasteiger partial charge in [0.15, 0.2) is 6.23 Å². The Hall–Kier alpha value is -1.48. The van der Waals surface area contributed by atoms with Gasteiger partial charge in [-0.25, -0.2) is 4.79 Å². The zero-order valence-electron chi connectivity index (χ0n) is 10.5. The van der Waals surface area contributed by atoms with Crippen LogP contribution in [0.4, 0.5) is 0 Å². The van der Waals surface area contributed by atoms with E-state index in [0.29, 0.717) is 0 Å². The SMILES string of the molecule is CC(O)[C@H]1O[C@@H](n2ccc(=O)[nH]c2=O)[C@](C)(O)[C@@H]1O. The van der Waals surface area contributed by atoms with Gasteiger partial charge >= 0.3 is 5.69 Å². The van der Waals surface area contributed by atoms with E-state index in [1.54, 1.807) is 0 Å². The highest BCUT2D eigenvalue weighted by Gasteiger charge is 2.54. The van der Waals surface area contributed by atoms with Crippen LogP contribution in [0, 0.1) is 0 Å². The van der Waals surface area contributed by atoms with Crippen molar-refractivity contribution in [1.82, 2.24) is 9.55 Å². The van der Waals surface area contributed by atoms with Crippen LogP contribution < -0.4 is 11.2 Å². The lowest BCUT2D eigenvalue weighted by Crippen LogP contribution is -2.47. The Balaban J connectivity index is 2.45. The molecule has 1 aromatic rings. The minimum atomic E-state index is -1.77. The summed E-state index contributed by atoms with van der Waals surface area (Å²) in [4.78, 5) is 24.7. The van der Waals surface area contributed by atoms with Crippen molar-refractivity contribution in [3.63, 3.8) is 0 Å². The number of hydrogen-bond acceptors (Lipinski definition) is 6. The van der Waals surface area contributed by atoms with Crippen LogP contribution in [0.3, 0.4) is 0 Å². The third kappa shape index (κ3) is 2.23. The number of hydrogen-bond donors (Lipinski definition) is 4. The van der Waals surface area contributed by atoms with Gasteiger partial charge < -0.3 is 20.1 Å². The van der Waals surface area contributed by atoms with E-state index in [1.165, 1.54) is 13.8 Å². The predicted octanol–water partition coefficient (Wildman–Crippen LogP) is -2.07. The van der Waals surface area contributed by atoms with Crippen LogP contribution >= 0.6 is 0 Å². The van der Waals surface area contributed by atoms with Gasteiger partial charge in [-0.3, -0.25) is 14.3 Å². The quantitative estimate of drug-likeness (QED) is 0.490. The Morgan fingerprint density at radius 3 is 2.63 bits per heavy atom. The van der Waals surface area contributed by atoms with Gasteiger partial charge in [-0.1, -0.05) is 0 Å². The lowest BCUT2D eigenvalue weighted by molar-refractivity contribution is -0.103.